The van der Waals surface area contributed by atoms with E-state index in [0.717, 1.165) is 34.0 Å². The topological polar surface area (TPSA) is 86.8 Å². The van der Waals surface area contributed by atoms with Gasteiger partial charge in [0.15, 0.2) is 0 Å². The van der Waals surface area contributed by atoms with Gasteiger partial charge in [-0.25, -0.2) is 12.7 Å². The SMILES string of the molecule is Cc1cc(S(=O)(=O)N(C)C)cc(NC(=O)c2cccc(CN3CCCC3=O)c2)c1C. The highest BCUT2D eigenvalue weighted by molar-refractivity contribution is 7.89. The van der Waals surface area contributed by atoms with Gasteiger partial charge in [0.1, 0.15) is 0 Å². The third-order valence-electron chi connectivity index (χ3n) is 5.40. The van der Waals surface area contributed by atoms with Gasteiger partial charge in [-0.05, 0) is 61.2 Å². The third-order valence-corrected chi connectivity index (χ3v) is 7.19. The minimum Gasteiger partial charge on any atom is -0.338 e. The van der Waals surface area contributed by atoms with Gasteiger partial charge in [-0.3, -0.25) is 9.59 Å². The van der Waals surface area contributed by atoms with Crippen molar-refractivity contribution in [1.82, 2.24) is 9.21 Å². The van der Waals surface area contributed by atoms with Crippen LogP contribution in [0.5, 0.6) is 0 Å². The molecule has 1 saturated heterocycles. The number of sulfonamides is 1. The van der Waals surface area contributed by atoms with Crippen LogP contribution >= 0.6 is 0 Å². The number of amides is 2. The smallest absolute Gasteiger partial charge is 0.255 e. The van der Waals surface area contributed by atoms with E-state index in [9.17, 15) is 18.0 Å². The number of nitrogens with zero attached hydrogens (tertiary/aromatic N) is 2. The van der Waals surface area contributed by atoms with Crippen molar-refractivity contribution >= 4 is 27.5 Å². The Bertz CT molecular complexity index is 1090. The van der Waals surface area contributed by atoms with Crippen molar-refractivity contribution in [3.05, 3.63) is 58.7 Å². The lowest BCUT2D eigenvalue weighted by molar-refractivity contribution is -0.128. The van der Waals surface area contributed by atoms with Crippen molar-refractivity contribution in [2.75, 3.05) is 26.0 Å². The molecule has 1 aliphatic heterocycles. The molecule has 0 aromatic heterocycles. The molecule has 3 rings (SSSR count). The molecule has 1 N–H and O–H groups in total. The summed E-state index contributed by atoms with van der Waals surface area (Å²) in [4.78, 5) is 26.7. The molecule has 1 fully saturated rings. The van der Waals surface area contributed by atoms with Gasteiger partial charge >= 0.3 is 0 Å². The molecule has 0 bridgehead atoms. The van der Waals surface area contributed by atoms with Gasteiger partial charge in [0.2, 0.25) is 15.9 Å². The average molecular weight is 430 g/mol. The zero-order valence-electron chi connectivity index (χ0n) is 17.7. The fourth-order valence-corrected chi connectivity index (χ4v) is 4.43. The predicted octanol–water partition coefficient (Wildman–Crippen LogP) is 2.93. The number of nitrogens with one attached hydrogen (secondary N) is 1. The van der Waals surface area contributed by atoms with E-state index in [4.69, 9.17) is 0 Å². The average Bonchev–Trinajstić information content (AvgIpc) is 3.09. The van der Waals surface area contributed by atoms with Crippen LogP contribution in [-0.4, -0.2) is 50.1 Å². The number of hydrogen-bond donors (Lipinski definition) is 1. The van der Waals surface area contributed by atoms with Crippen molar-refractivity contribution in [2.24, 2.45) is 0 Å². The lowest BCUT2D eigenvalue weighted by Gasteiger charge is -2.17. The molecule has 2 aromatic rings. The summed E-state index contributed by atoms with van der Waals surface area (Å²) in [6.07, 6.45) is 1.44. The summed E-state index contributed by atoms with van der Waals surface area (Å²) in [7, 11) is -0.677. The number of likely N-dealkylation sites (tertiary alicyclic amines) is 1. The minimum absolute atomic E-state index is 0.132. The highest BCUT2D eigenvalue weighted by atomic mass is 32.2. The zero-order chi connectivity index (χ0) is 22.1. The minimum atomic E-state index is -3.62. The first kappa shape index (κ1) is 22.0. The zero-order valence-corrected chi connectivity index (χ0v) is 18.5. The summed E-state index contributed by atoms with van der Waals surface area (Å²) in [5.41, 5.74) is 3.38. The first-order valence-corrected chi connectivity index (χ1v) is 11.3. The normalized spacial score (nSPS) is 14.4. The number of carbonyl (C=O) groups is 2. The first-order valence-electron chi connectivity index (χ1n) is 9.81. The molecule has 160 valence electrons. The Morgan fingerprint density at radius 3 is 2.53 bits per heavy atom. The lowest BCUT2D eigenvalue weighted by Crippen LogP contribution is -2.24. The summed E-state index contributed by atoms with van der Waals surface area (Å²) < 4.78 is 26.2. The van der Waals surface area contributed by atoms with Gasteiger partial charge in [0.05, 0.1) is 4.90 Å². The van der Waals surface area contributed by atoms with Crippen LogP contribution in [0.1, 0.15) is 39.9 Å². The summed E-state index contributed by atoms with van der Waals surface area (Å²) in [6, 6.07) is 10.2. The Hall–Kier alpha value is -2.71. The second-order valence-corrected chi connectivity index (χ2v) is 9.93. The highest BCUT2D eigenvalue weighted by Gasteiger charge is 2.22. The number of carbonyl (C=O) groups excluding carboxylic acids is 2. The van der Waals surface area contributed by atoms with E-state index in [1.165, 1.54) is 20.2 Å². The van der Waals surface area contributed by atoms with Gasteiger partial charge < -0.3 is 10.2 Å². The second kappa shape index (κ2) is 8.57. The summed E-state index contributed by atoms with van der Waals surface area (Å²) >= 11 is 0. The van der Waals surface area contributed by atoms with Crippen LogP contribution in [0.15, 0.2) is 41.3 Å². The largest absolute Gasteiger partial charge is 0.338 e. The Kier molecular flexibility index (Phi) is 6.28. The molecular weight excluding hydrogens is 402 g/mol. The molecule has 0 unspecified atom stereocenters. The van der Waals surface area contributed by atoms with Crippen molar-refractivity contribution in [3.8, 4) is 0 Å². The monoisotopic (exact) mass is 429 g/mol. The molecule has 30 heavy (non-hydrogen) atoms. The van der Waals surface area contributed by atoms with Crippen LogP contribution in [0.2, 0.25) is 0 Å². The Morgan fingerprint density at radius 2 is 1.90 bits per heavy atom. The number of benzene rings is 2. The van der Waals surface area contributed by atoms with Gasteiger partial charge in [0, 0.05) is 44.9 Å². The molecule has 2 amide bonds. The van der Waals surface area contributed by atoms with Crippen molar-refractivity contribution in [1.29, 1.82) is 0 Å². The van der Waals surface area contributed by atoms with Crippen LogP contribution in [0, 0.1) is 13.8 Å². The maximum atomic E-state index is 12.9. The molecule has 0 radical (unpaired) electrons. The maximum Gasteiger partial charge on any atom is 0.255 e. The van der Waals surface area contributed by atoms with Gasteiger partial charge in [-0.2, -0.15) is 0 Å². The number of rotatable bonds is 6. The van der Waals surface area contributed by atoms with E-state index in [-0.39, 0.29) is 16.7 Å². The molecule has 0 saturated carbocycles. The van der Waals surface area contributed by atoms with Gasteiger partial charge in [-0.15, -0.1) is 0 Å². The van der Waals surface area contributed by atoms with Gasteiger partial charge in [0.25, 0.3) is 5.91 Å². The maximum absolute atomic E-state index is 12.9. The first-order chi connectivity index (χ1) is 14.1. The second-order valence-electron chi connectivity index (χ2n) is 7.77. The Balaban J connectivity index is 1.85. The van der Waals surface area contributed by atoms with Gasteiger partial charge in [-0.1, -0.05) is 12.1 Å². The molecule has 0 spiro atoms. The van der Waals surface area contributed by atoms with E-state index in [2.05, 4.69) is 5.32 Å². The molecular formula is C22H27N3O4S. The van der Waals surface area contributed by atoms with E-state index in [1.807, 2.05) is 19.9 Å². The molecule has 8 heteroatoms. The van der Waals surface area contributed by atoms with E-state index in [0.29, 0.717) is 24.2 Å². The van der Waals surface area contributed by atoms with Crippen LogP contribution in [0.25, 0.3) is 0 Å². The quantitative estimate of drug-likeness (QED) is 0.765. The van der Waals surface area contributed by atoms with E-state index >= 15 is 0 Å². The van der Waals surface area contributed by atoms with E-state index < -0.39 is 10.0 Å². The lowest BCUT2D eigenvalue weighted by atomic mass is 10.1. The summed E-state index contributed by atoms with van der Waals surface area (Å²) in [5.74, 6) is -0.193. The molecule has 0 atom stereocenters. The predicted molar refractivity (Wildman–Crippen MR) is 116 cm³/mol. The fraction of sp³-hybridized carbons (Fsp3) is 0.364. The van der Waals surface area contributed by atoms with Crippen LogP contribution < -0.4 is 5.32 Å². The van der Waals surface area contributed by atoms with Crippen LogP contribution in [0.4, 0.5) is 5.69 Å². The Labute approximate surface area is 177 Å². The standard InChI is InChI=1S/C22H27N3O4S/c1-15-11-19(30(28,29)24(3)4)13-20(16(15)2)23-22(27)18-8-5-7-17(12-18)14-25-10-6-9-21(25)26/h5,7-8,11-13H,6,9-10,14H2,1-4H3,(H,23,27). The van der Waals surface area contributed by atoms with E-state index in [1.54, 1.807) is 29.2 Å². The van der Waals surface area contributed by atoms with Crippen molar-refractivity contribution in [3.63, 3.8) is 0 Å². The fourth-order valence-electron chi connectivity index (χ4n) is 3.41. The molecule has 1 aliphatic rings. The van der Waals surface area contributed by atoms with Crippen LogP contribution in [-0.2, 0) is 21.4 Å². The molecule has 0 aliphatic carbocycles. The molecule has 2 aromatic carbocycles. The Morgan fingerprint density at radius 1 is 1.17 bits per heavy atom. The summed E-state index contributed by atoms with van der Waals surface area (Å²) in [5, 5.41) is 2.85. The molecule has 7 nitrogen and oxygen atoms in total. The van der Waals surface area contributed by atoms with Crippen molar-refractivity contribution in [2.45, 2.75) is 38.1 Å². The number of hydrogen-bond acceptors (Lipinski definition) is 4. The summed E-state index contributed by atoms with van der Waals surface area (Å²) in [6.45, 7) is 4.87. The van der Waals surface area contributed by atoms with Crippen molar-refractivity contribution < 1.29 is 18.0 Å². The highest BCUT2D eigenvalue weighted by Crippen LogP contribution is 2.26. The third kappa shape index (κ3) is 4.55. The molecule has 1 heterocycles. The number of anilines is 1. The number of aryl methyl sites for hydroxylation is 1. The van der Waals surface area contributed by atoms with Crippen LogP contribution in [0.3, 0.4) is 0 Å².